The normalized spacial score (nSPS) is 35.8. The molecular formula is C52H72F3N3O7S. The molecule has 8 rings (SSSR count). The number of amides is 2. The SMILES string of the molecule is CC(C)CCC[C@@H](C)[C@H]1CC[C@H]2[C@@H]3CC=C4CC(COC(=O)c5cccc(NC(=O)[C@@H]6C[C@H](SC7=C(C(=O)OCC(F)(F)F)N8C(=O)[C@H]([C@@H](C)O)[C@H]8[C@H]7C)CN6)c5)CC[C@]4(C)[C@H]3CC[C@]12C. The van der Waals surface area contributed by atoms with Crippen molar-refractivity contribution < 1.29 is 46.9 Å². The van der Waals surface area contributed by atoms with Crippen LogP contribution in [0.3, 0.4) is 0 Å². The van der Waals surface area contributed by atoms with Gasteiger partial charge in [-0.1, -0.05) is 78.5 Å². The van der Waals surface area contributed by atoms with Gasteiger partial charge in [0.25, 0.3) is 0 Å². The fourth-order valence-electron chi connectivity index (χ4n) is 14.2. The van der Waals surface area contributed by atoms with Crippen LogP contribution in [0, 0.1) is 64.1 Å². The molecule has 3 heterocycles. The van der Waals surface area contributed by atoms with Crippen LogP contribution in [0.15, 0.2) is 46.5 Å². The number of esters is 2. The maximum absolute atomic E-state index is 13.5. The molecule has 14 heteroatoms. The molecule has 5 fully saturated rings. The number of alkyl halides is 3. The lowest BCUT2D eigenvalue weighted by molar-refractivity contribution is -0.186. The number of ether oxygens (including phenoxy) is 2. The van der Waals surface area contributed by atoms with Gasteiger partial charge in [-0.25, -0.2) is 9.59 Å². The van der Waals surface area contributed by atoms with Crippen molar-refractivity contribution in [1.29, 1.82) is 0 Å². The Morgan fingerprint density at radius 3 is 2.52 bits per heavy atom. The molecule has 2 amide bonds. The summed E-state index contributed by atoms with van der Waals surface area (Å²) < 4.78 is 49.5. The first-order valence-electron chi connectivity index (χ1n) is 24.9. The summed E-state index contributed by atoms with van der Waals surface area (Å²) in [7, 11) is 0. The maximum Gasteiger partial charge on any atom is 0.422 e. The topological polar surface area (TPSA) is 134 Å². The fraction of sp³-hybridized carbons (Fsp3) is 0.731. The summed E-state index contributed by atoms with van der Waals surface area (Å²) >= 11 is 1.24. The van der Waals surface area contributed by atoms with E-state index in [0.29, 0.717) is 41.1 Å². The van der Waals surface area contributed by atoms with Crippen molar-refractivity contribution >= 4 is 41.2 Å². The monoisotopic (exact) mass is 940 g/mol. The number of carbonyl (C=O) groups excluding carboxylic acids is 4. The Labute approximate surface area is 393 Å². The Morgan fingerprint density at radius 1 is 1.02 bits per heavy atom. The quantitative estimate of drug-likeness (QED) is 0.0893. The number of fused-ring (bicyclic) bond motifs is 6. The number of hydrogen-bond donors (Lipinski definition) is 3. The third-order valence-corrected chi connectivity index (χ3v) is 19.1. The highest BCUT2D eigenvalue weighted by molar-refractivity contribution is 8.03. The van der Waals surface area contributed by atoms with Gasteiger partial charge in [-0.15, -0.1) is 11.8 Å². The fourth-order valence-corrected chi connectivity index (χ4v) is 15.7. The maximum atomic E-state index is 13.5. The lowest BCUT2D eigenvalue weighted by atomic mass is 9.46. The molecule has 0 bridgehead atoms. The minimum atomic E-state index is -4.75. The van der Waals surface area contributed by atoms with Crippen molar-refractivity contribution in [2.75, 3.05) is 25.1 Å². The summed E-state index contributed by atoms with van der Waals surface area (Å²) in [6, 6.07) is 5.48. The smallest absolute Gasteiger partial charge is 0.422 e. The second-order valence-electron chi connectivity index (χ2n) is 22.2. The number of anilines is 1. The molecule has 0 radical (unpaired) electrons. The number of rotatable bonds is 15. The molecule has 1 aromatic carbocycles. The van der Waals surface area contributed by atoms with E-state index in [0.717, 1.165) is 59.7 Å². The van der Waals surface area contributed by atoms with Crippen LogP contribution in [0.5, 0.6) is 0 Å². The van der Waals surface area contributed by atoms with Crippen molar-refractivity contribution in [1.82, 2.24) is 10.2 Å². The van der Waals surface area contributed by atoms with E-state index in [1.165, 1.54) is 70.1 Å². The number of allylic oxidation sites excluding steroid dienone is 2. The summed E-state index contributed by atoms with van der Waals surface area (Å²) in [5.74, 6) is 1.21. The van der Waals surface area contributed by atoms with Gasteiger partial charge in [0, 0.05) is 28.3 Å². The molecule has 7 aliphatic rings. The Morgan fingerprint density at radius 2 is 1.79 bits per heavy atom. The molecule has 2 saturated heterocycles. The largest absolute Gasteiger partial charge is 0.462 e. The van der Waals surface area contributed by atoms with Gasteiger partial charge >= 0.3 is 18.1 Å². The zero-order valence-corrected chi connectivity index (χ0v) is 40.7. The standard InChI is InChI=1S/C52H72F3N3O7S/c1-28(2)10-8-11-29(3)38-16-17-39-37-15-14-34-22-32(18-20-50(34,6)40(37)19-21-51(38,39)7)26-64-48(62)33-12-9-13-35(23-33)57-46(60)41-24-36(25-56-41)66-45-30(4)43-42(31(5)59)47(61)58(43)44(45)49(63)65-27-52(53,54)55/h9,12-14,23,28-32,36-43,56,59H,8,10-11,15-22,24-27H2,1-7H3,(H,57,60)/t29-,30-,31-,32?,36+,37+,38-,39+,40+,41+,42-,43-,50+,51-/m1/s1. The summed E-state index contributed by atoms with van der Waals surface area (Å²) in [5.41, 5.74) is 2.81. The second kappa shape index (κ2) is 19.2. The first kappa shape index (κ1) is 49.1. The van der Waals surface area contributed by atoms with Crippen LogP contribution in [-0.4, -0.2) is 83.1 Å². The number of β-lactam (4-membered cyclic amide) rings is 1. The molecule has 0 aromatic heterocycles. The molecule has 3 saturated carbocycles. The predicted molar refractivity (Wildman–Crippen MR) is 249 cm³/mol. The van der Waals surface area contributed by atoms with Crippen molar-refractivity contribution in [3.05, 3.63) is 52.1 Å². The Balaban J connectivity index is 0.830. The molecule has 3 aliphatic heterocycles. The average molecular weight is 940 g/mol. The van der Waals surface area contributed by atoms with Gasteiger partial charge in [0.2, 0.25) is 11.8 Å². The van der Waals surface area contributed by atoms with Crippen LogP contribution in [0.2, 0.25) is 0 Å². The Hall–Kier alpha value is -3.36. The van der Waals surface area contributed by atoms with Gasteiger partial charge in [0.15, 0.2) is 6.61 Å². The molecule has 1 aromatic rings. The number of benzene rings is 1. The molecule has 3 N–H and O–H groups in total. The first-order valence-corrected chi connectivity index (χ1v) is 25.7. The van der Waals surface area contributed by atoms with Gasteiger partial charge in [-0.3, -0.25) is 9.59 Å². The van der Waals surface area contributed by atoms with Gasteiger partial charge < -0.3 is 30.1 Å². The zero-order chi connectivity index (χ0) is 47.5. The average Bonchev–Trinajstić information content (AvgIpc) is 3.94. The van der Waals surface area contributed by atoms with Crippen molar-refractivity contribution in [3.8, 4) is 0 Å². The molecule has 364 valence electrons. The van der Waals surface area contributed by atoms with Crippen molar-refractivity contribution in [2.24, 2.45) is 64.1 Å². The van der Waals surface area contributed by atoms with E-state index in [2.05, 4.69) is 56.1 Å². The summed E-state index contributed by atoms with van der Waals surface area (Å²) in [5, 5.41) is 16.1. The number of nitrogens with zero attached hydrogens (tertiary/aromatic N) is 1. The molecule has 14 atom stereocenters. The van der Waals surface area contributed by atoms with Crippen LogP contribution in [0.1, 0.15) is 136 Å². The van der Waals surface area contributed by atoms with Crippen LogP contribution in [0.25, 0.3) is 0 Å². The van der Waals surface area contributed by atoms with Crippen LogP contribution in [-0.2, 0) is 23.9 Å². The number of aliphatic hydroxyl groups excluding tert-OH is 1. The third kappa shape index (κ3) is 9.51. The highest BCUT2D eigenvalue weighted by atomic mass is 32.2. The lowest BCUT2D eigenvalue weighted by Crippen LogP contribution is -2.63. The van der Waals surface area contributed by atoms with E-state index >= 15 is 0 Å². The highest BCUT2D eigenvalue weighted by Crippen LogP contribution is 2.67. The van der Waals surface area contributed by atoms with E-state index in [1.807, 2.05) is 0 Å². The second-order valence-corrected chi connectivity index (χ2v) is 23.5. The molecule has 1 unspecified atom stereocenters. The third-order valence-electron chi connectivity index (χ3n) is 17.6. The van der Waals surface area contributed by atoms with E-state index in [4.69, 9.17) is 4.74 Å². The lowest BCUT2D eigenvalue weighted by Gasteiger charge is -2.58. The van der Waals surface area contributed by atoms with E-state index in [-0.39, 0.29) is 28.2 Å². The van der Waals surface area contributed by atoms with Crippen LogP contribution < -0.4 is 10.6 Å². The zero-order valence-electron chi connectivity index (χ0n) is 39.9. The molecular weight excluding hydrogens is 868 g/mol. The first-order chi connectivity index (χ1) is 31.2. The van der Waals surface area contributed by atoms with E-state index < -0.39 is 60.7 Å². The minimum Gasteiger partial charge on any atom is -0.462 e. The highest BCUT2D eigenvalue weighted by Gasteiger charge is 2.61. The number of halogens is 3. The number of hydrogen-bond acceptors (Lipinski definition) is 9. The molecule has 10 nitrogen and oxygen atoms in total. The predicted octanol–water partition coefficient (Wildman–Crippen LogP) is 10.1. The van der Waals surface area contributed by atoms with Gasteiger partial charge in [0.05, 0.1) is 36.3 Å². The minimum absolute atomic E-state index is 0.217. The van der Waals surface area contributed by atoms with Crippen molar-refractivity contribution in [3.63, 3.8) is 0 Å². The molecule has 4 aliphatic carbocycles. The number of thioether (sulfide) groups is 1. The summed E-state index contributed by atoms with van der Waals surface area (Å²) in [6.45, 7) is 14.6. The van der Waals surface area contributed by atoms with E-state index in [1.54, 1.807) is 36.8 Å². The van der Waals surface area contributed by atoms with Gasteiger partial charge in [-0.2, -0.15) is 13.2 Å². The molecule has 66 heavy (non-hydrogen) atoms. The Bertz CT molecular complexity index is 2090. The Kier molecular flexibility index (Phi) is 14.3. The van der Waals surface area contributed by atoms with Crippen LogP contribution in [0.4, 0.5) is 18.9 Å². The van der Waals surface area contributed by atoms with Crippen LogP contribution >= 0.6 is 11.8 Å². The molecule has 0 spiro atoms. The van der Waals surface area contributed by atoms with Gasteiger partial charge in [0.1, 0.15) is 5.70 Å². The number of nitrogens with one attached hydrogen (secondary N) is 2. The summed E-state index contributed by atoms with van der Waals surface area (Å²) in [4.78, 5) is 54.6. The number of carbonyl (C=O) groups is 4. The van der Waals surface area contributed by atoms with E-state index in [9.17, 15) is 37.5 Å². The number of aliphatic hydroxyl groups is 1. The van der Waals surface area contributed by atoms with Crippen molar-refractivity contribution in [2.45, 2.75) is 155 Å². The summed E-state index contributed by atoms with van der Waals surface area (Å²) in [6.07, 6.45) is 11.0. The van der Waals surface area contributed by atoms with Gasteiger partial charge in [-0.05, 0) is 135 Å².